The van der Waals surface area contributed by atoms with E-state index in [4.69, 9.17) is 0 Å². The molecule has 0 saturated heterocycles. The zero-order chi connectivity index (χ0) is 13.8. The predicted molar refractivity (Wildman–Crippen MR) is 73.6 cm³/mol. The van der Waals surface area contributed by atoms with Gasteiger partial charge in [-0.15, -0.1) is 0 Å². The van der Waals surface area contributed by atoms with Crippen molar-refractivity contribution in [1.29, 1.82) is 0 Å². The molecule has 6 heteroatoms. The van der Waals surface area contributed by atoms with Crippen LogP contribution in [0.15, 0.2) is 48.8 Å². The molecule has 0 bridgehead atoms. The van der Waals surface area contributed by atoms with Gasteiger partial charge in [0.15, 0.2) is 5.78 Å². The van der Waals surface area contributed by atoms with E-state index >= 15 is 0 Å². The highest BCUT2D eigenvalue weighted by Gasteiger charge is 2.15. The number of pyridine rings is 1. The first-order valence-electron chi connectivity index (χ1n) is 5.51. The molecule has 0 aliphatic rings. The first kappa shape index (κ1) is 13.4. The molecule has 5 nitrogen and oxygen atoms in total. The molecule has 0 radical (unpaired) electrons. The topological polar surface area (TPSA) is 70.5 Å². The largest absolute Gasteiger partial charge is 0.295 e. The van der Waals surface area contributed by atoms with Crippen LogP contribution in [0.1, 0.15) is 17.3 Å². The van der Waals surface area contributed by atoms with E-state index in [1.54, 1.807) is 42.6 Å². The molecule has 1 heterocycles. The third-order valence-corrected chi connectivity index (χ3v) is 3.28. The Morgan fingerprint density at radius 1 is 1.21 bits per heavy atom. The molecular weight excluding hydrogens is 264 g/mol. The van der Waals surface area contributed by atoms with E-state index < -0.39 is 11.3 Å². The normalized spacial score (nSPS) is 11.9. The lowest BCUT2D eigenvalue weighted by molar-refractivity contribution is 0.101. The van der Waals surface area contributed by atoms with Crippen LogP contribution in [0.2, 0.25) is 0 Å². The molecule has 2 rings (SSSR count). The van der Waals surface area contributed by atoms with Crippen molar-refractivity contribution in [2.75, 3.05) is 4.31 Å². The number of hydrogen-bond acceptors (Lipinski definition) is 3. The molecule has 19 heavy (non-hydrogen) atoms. The van der Waals surface area contributed by atoms with Gasteiger partial charge in [-0.05, 0) is 43.3 Å². The molecule has 1 atom stereocenters. The lowest BCUT2D eigenvalue weighted by Gasteiger charge is -2.19. The third-order valence-electron chi connectivity index (χ3n) is 2.54. The number of Topliss-reactive ketones (excluding diaryl/α,β-unsaturated/α-hetero) is 1. The Hall–Kier alpha value is -2.05. The Morgan fingerprint density at radius 3 is 2.37 bits per heavy atom. The fraction of sp³-hybridized carbons (Fsp3) is 0.0769. The van der Waals surface area contributed by atoms with Crippen molar-refractivity contribution < 1.29 is 13.6 Å². The molecule has 0 aliphatic heterocycles. The Morgan fingerprint density at radius 2 is 1.89 bits per heavy atom. The average Bonchev–Trinajstić information content (AvgIpc) is 2.40. The van der Waals surface area contributed by atoms with Gasteiger partial charge in [-0.3, -0.25) is 14.3 Å². The lowest BCUT2D eigenvalue weighted by Crippen LogP contribution is -2.19. The van der Waals surface area contributed by atoms with Gasteiger partial charge in [0.25, 0.3) is 11.3 Å². The monoisotopic (exact) mass is 276 g/mol. The van der Waals surface area contributed by atoms with E-state index in [-0.39, 0.29) is 5.78 Å². The third kappa shape index (κ3) is 3.04. The average molecular weight is 276 g/mol. The van der Waals surface area contributed by atoms with Crippen molar-refractivity contribution in [3.05, 3.63) is 54.4 Å². The summed E-state index contributed by atoms with van der Waals surface area (Å²) in [5.74, 6) is -0.0513. The van der Waals surface area contributed by atoms with Gasteiger partial charge in [-0.25, -0.2) is 8.51 Å². The maximum Gasteiger partial charge on any atom is 0.266 e. The summed E-state index contributed by atoms with van der Waals surface area (Å²) in [6.07, 6.45) is 3.08. The predicted octanol–water partition coefficient (Wildman–Crippen LogP) is 2.56. The van der Waals surface area contributed by atoms with Crippen LogP contribution in [0, 0.1) is 0 Å². The molecule has 1 N–H and O–H groups in total. The van der Waals surface area contributed by atoms with Gasteiger partial charge in [0.05, 0.1) is 17.6 Å². The molecule has 1 unspecified atom stereocenters. The highest BCUT2D eigenvalue weighted by atomic mass is 32.2. The lowest BCUT2D eigenvalue weighted by atomic mass is 10.1. The number of nitrogens with zero attached hydrogens (tertiary/aromatic N) is 2. The van der Waals surface area contributed by atoms with Crippen molar-refractivity contribution in [2.45, 2.75) is 6.92 Å². The highest BCUT2D eigenvalue weighted by molar-refractivity contribution is 7.81. The van der Waals surface area contributed by atoms with Crippen molar-refractivity contribution >= 4 is 28.4 Å². The zero-order valence-electron chi connectivity index (χ0n) is 10.2. The number of carbonyl (C=O) groups is 1. The quantitative estimate of drug-likeness (QED) is 0.688. The van der Waals surface area contributed by atoms with Crippen LogP contribution in [0.5, 0.6) is 0 Å². The second-order valence-electron chi connectivity index (χ2n) is 3.84. The Balaban J connectivity index is 2.40. The van der Waals surface area contributed by atoms with E-state index in [9.17, 15) is 13.6 Å². The standard InChI is InChI=1S/C13H12N2O3S/c1-10(16)11-4-6-12(7-5-11)15(19(17)18)13-3-2-8-14-9-13/h2-9H,1H3,(H,17,18). The summed E-state index contributed by atoms with van der Waals surface area (Å²) >= 11 is -2.21. The van der Waals surface area contributed by atoms with Gasteiger partial charge in [-0.2, -0.15) is 0 Å². The van der Waals surface area contributed by atoms with Crippen LogP contribution >= 0.6 is 0 Å². The van der Waals surface area contributed by atoms with Gasteiger partial charge in [0.2, 0.25) is 0 Å². The van der Waals surface area contributed by atoms with E-state index in [2.05, 4.69) is 4.98 Å². The summed E-state index contributed by atoms with van der Waals surface area (Å²) in [4.78, 5) is 15.1. The maximum absolute atomic E-state index is 11.5. The summed E-state index contributed by atoms with van der Waals surface area (Å²) in [7, 11) is 0. The summed E-state index contributed by atoms with van der Waals surface area (Å²) in [6, 6.07) is 9.84. The highest BCUT2D eigenvalue weighted by Crippen LogP contribution is 2.26. The number of carbonyl (C=O) groups excluding carboxylic acids is 1. The van der Waals surface area contributed by atoms with Crippen LogP contribution in [0.4, 0.5) is 11.4 Å². The fourth-order valence-electron chi connectivity index (χ4n) is 1.63. The van der Waals surface area contributed by atoms with Crippen LogP contribution in [-0.4, -0.2) is 19.5 Å². The van der Waals surface area contributed by atoms with Crippen molar-refractivity contribution in [1.82, 2.24) is 4.98 Å². The number of ketones is 1. The van der Waals surface area contributed by atoms with E-state index in [0.29, 0.717) is 16.9 Å². The minimum Gasteiger partial charge on any atom is -0.295 e. The van der Waals surface area contributed by atoms with Gasteiger partial charge in [0, 0.05) is 11.8 Å². The summed E-state index contributed by atoms with van der Waals surface area (Å²) in [5.41, 5.74) is 1.57. The molecule has 0 fully saturated rings. The molecule has 0 aliphatic carbocycles. The SMILES string of the molecule is CC(=O)c1ccc(N(c2cccnc2)S(=O)O)cc1. The first-order valence-corrected chi connectivity index (χ1v) is 6.58. The minimum absolute atomic E-state index is 0.0513. The van der Waals surface area contributed by atoms with E-state index in [0.717, 1.165) is 0 Å². The molecule has 98 valence electrons. The molecule has 0 spiro atoms. The van der Waals surface area contributed by atoms with Gasteiger partial charge in [0.1, 0.15) is 0 Å². The van der Waals surface area contributed by atoms with Crippen LogP contribution in [0.25, 0.3) is 0 Å². The van der Waals surface area contributed by atoms with Crippen LogP contribution < -0.4 is 4.31 Å². The minimum atomic E-state index is -2.21. The van der Waals surface area contributed by atoms with E-state index in [1.807, 2.05) is 0 Å². The number of aromatic nitrogens is 1. The molecule has 1 aromatic heterocycles. The number of anilines is 2. The van der Waals surface area contributed by atoms with Crippen molar-refractivity contribution in [3.63, 3.8) is 0 Å². The van der Waals surface area contributed by atoms with E-state index in [1.165, 1.54) is 17.4 Å². The number of rotatable bonds is 4. The Kier molecular flexibility index (Phi) is 4.03. The fourth-order valence-corrected chi connectivity index (χ4v) is 2.23. The maximum atomic E-state index is 11.5. The molecule has 0 amide bonds. The Bertz CT molecular complexity index is 599. The molecule has 1 aromatic carbocycles. The van der Waals surface area contributed by atoms with Crippen molar-refractivity contribution in [2.24, 2.45) is 0 Å². The second kappa shape index (κ2) is 5.73. The molecule has 2 aromatic rings. The van der Waals surface area contributed by atoms with Crippen LogP contribution in [-0.2, 0) is 11.3 Å². The molecular formula is C13H12N2O3S. The van der Waals surface area contributed by atoms with Gasteiger partial charge >= 0.3 is 0 Å². The van der Waals surface area contributed by atoms with Crippen LogP contribution in [0.3, 0.4) is 0 Å². The van der Waals surface area contributed by atoms with Gasteiger partial charge in [-0.1, -0.05) is 0 Å². The summed E-state index contributed by atoms with van der Waals surface area (Å²) in [6.45, 7) is 1.47. The smallest absolute Gasteiger partial charge is 0.266 e. The Labute approximate surface area is 113 Å². The van der Waals surface area contributed by atoms with Crippen molar-refractivity contribution in [3.8, 4) is 0 Å². The second-order valence-corrected chi connectivity index (χ2v) is 4.67. The summed E-state index contributed by atoms with van der Waals surface area (Å²) < 4.78 is 22.1. The number of hydrogen-bond donors (Lipinski definition) is 1. The zero-order valence-corrected chi connectivity index (χ0v) is 11.0. The number of benzene rings is 1. The van der Waals surface area contributed by atoms with Gasteiger partial charge < -0.3 is 0 Å². The molecule has 0 saturated carbocycles. The summed E-state index contributed by atoms with van der Waals surface area (Å²) in [5, 5.41) is 0. The first-order chi connectivity index (χ1) is 9.09.